The molecule has 4 rings (SSSR count). The van der Waals surface area contributed by atoms with Gasteiger partial charge in [-0.05, 0) is 47.9 Å². The summed E-state index contributed by atoms with van der Waals surface area (Å²) < 4.78 is 14.5. The van der Waals surface area contributed by atoms with Gasteiger partial charge in [-0.1, -0.05) is 24.3 Å². The summed E-state index contributed by atoms with van der Waals surface area (Å²) in [6, 6.07) is 13.1. The number of aromatic nitrogens is 2. The molecule has 150 valence electrons. The summed E-state index contributed by atoms with van der Waals surface area (Å²) in [5.41, 5.74) is 3.03. The second-order valence-electron chi connectivity index (χ2n) is 6.80. The molecule has 2 aromatic carbocycles. The maximum atomic E-state index is 14.5. The molecule has 2 aromatic heterocycles. The Morgan fingerprint density at radius 1 is 1.13 bits per heavy atom. The molecular formula is C23H17FN2O3S. The number of aromatic carboxylic acids is 1. The van der Waals surface area contributed by atoms with Gasteiger partial charge in [0.15, 0.2) is 0 Å². The Labute approximate surface area is 176 Å². The van der Waals surface area contributed by atoms with Crippen LogP contribution in [-0.2, 0) is 6.42 Å². The lowest BCUT2D eigenvalue weighted by atomic mass is 9.99. The molecular weight excluding hydrogens is 403 g/mol. The Morgan fingerprint density at radius 2 is 1.93 bits per heavy atom. The third-order valence-corrected chi connectivity index (χ3v) is 5.88. The van der Waals surface area contributed by atoms with Gasteiger partial charge < -0.3 is 10.2 Å². The van der Waals surface area contributed by atoms with Gasteiger partial charge in [-0.3, -0.25) is 4.98 Å². The fourth-order valence-corrected chi connectivity index (χ4v) is 4.35. The van der Waals surface area contributed by atoms with Crippen molar-refractivity contribution >= 4 is 17.3 Å². The number of aromatic hydroxyl groups is 1. The fraction of sp³-hybridized carbons (Fsp3) is 0.0870. The predicted octanol–water partition coefficient (Wildman–Crippen LogP) is 5.31. The normalized spacial score (nSPS) is 10.9. The number of carboxylic acids is 1. The third kappa shape index (κ3) is 3.92. The molecule has 2 N–H and O–H groups in total. The highest BCUT2D eigenvalue weighted by atomic mass is 32.1. The molecule has 0 spiro atoms. The molecule has 0 unspecified atom stereocenters. The molecule has 4 aromatic rings. The van der Waals surface area contributed by atoms with E-state index in [0.717, 1.165) is 38.8 Å². The number of hydrogen-bond donors (Lipinski definition) is 2. The van der Waals surface area contributed by atoms with E-state index in [-0.39, 0.29) is 5.56 Å². The molecule has 5 nitrogen and oxygen atoms in total. The Hall–Kier alpha value is -3.58. The third-order valence-electron chi connectivity index (χ3n) is 4.67. The molecule has 0 aliphatic rings. The molecule has 0 saturated carbocycles. The Balaban J connectivity index is 1.70. The van der Waals surface area contributed by atoms with Gasteiger partial charge in [-0.15, -0.1) is 11.3 Å². The molecule has 0 amide bonds. The number of benzene rings is 2. The second-order valence-corrected chi connectivity index (χ2v) is 7.88. The number of carbonyl (C=O) groups is 1. The van der Waals surface area contributed by atoms with Crippen molar-refractivity contribution in [1.29, 1.82) is 0 Å². The van der Waals surface area contributed by atoms with E-state index in [2.05, 4.69) is 9.97 Å². The summed E-state index contributed by atoms with van der Waals surface area (Å²) in [7, 11) is 0. The number of pyridine rings is 1. The van der Waals surface area contributed by atoms with Crippen molar-refractivity contribution in [3.63, 3.8) is 0 Å². The first-order chi connectivity index (χ1) is 14.4. The average Bonchev–Trinajstić information content (AvgIpc) is 3.10. The van der Waals surface area contributed by atoms with Crippen LogP contribution in [0.4, 0.5) is 4.39 Å². The maximum Gasteiger partial charge on any atom is 0.339 e. The molecule has 0 fully saturated rings. The van der Waals surface area contributed by atoms with E-state index in [1.165, 1.54) is 0 Å². The van der Waals surface area contributed by atoms with Gasteiger partial charge in [-0.25, -0.2) is 14.2 Å². The number of halogens is 1. The van der Waals surface area contributed by atoms with E-state index < -0.39 is 23.1 Å². The van der Waals surface area contributed by atoms with Gasteiger partial charge in [0.25, 0.3) is 0 Å². The van der Waals surface area contributed by atoms with E-state index in [4.69, 9.17) is 5.11 Å². The summed E-state index contributed by atoms with van der Waals surface area (Å²) in [5, 5.41) is 20.0. The molecule has 0 bridgehead atoms. The molecule has 0 atom stereocenters. The van der Waals surface area contributed by atoms with Crippen LogP contribution in [0.15, 0.2) is 60.9 Å². The lowest BCUT2D eigenvalue weighted by Crippen LogP contribution is -1.99. The van der Waals surface area contributed by atoms with Crippen LogP contribution in [0.3, 0.4) is 0 Å². The topological polar surface area (TPSA) is 83.3 Å². The number of carboxylic acid groups (broad SMARTS) is 1. The van der Waals surface area contributed by atoms with Crippen LogP contribution in [0, 0.1) is 12.7 Å². The van der Waals surface area contributed by atoms with Crippen LogP contribution in [0.2, 0.25) is 0 Å². The van der Waals surface area contributed by atoms with Gasteiger partial charge in [0.05, 0.1) is 15.6 Å². The Bertz CT molecular complexity index is 1240. The highest BCUT2D eigenvalue weighted by Gasteiger charge is 2.17. The van der Waals surface area contributed by atoms with E-state index in [0.29, 0.717) is 12.0 Å². The van der Waals surface area contributed by atoms with Crippen LogP contribution in [0.25, 0.3) is 21.6 Å². The highest BCUT2D eigenvalue weighted by molar-refractivity contribution is 7.15. The molecule has 30 heavy (non-hydrogen) atoms. The van der Waals surface area contributed by atoms with Crippen molar-refractivity contribution < 1.29 is 19.4 Å². The fourth-order valence-electron chi connectivity index (χ4n) is 3.26. The minimum Gasteiger partial charge on any atom is -0.507 e. The summed E-state index contributed by atoms with van der Waals surface area (Å²) >= 11 is 1.57. The number of nitrogens with zero attached hydrogens (tertiary/aromatic N) is 2. The number of aryl methyl sites for hydroxylation is 1. The number of rotatable bonds is 5. The molecule has 2 heterocycles. The number of hydrogen-bond acceptors (Lipinski definition) is 5. The maximum absolute atomic E-state index is 14.5. The summed E-state index contributed by atoms with van der Waals surface area (Å²) in [5.74, 6) is -2.56. The lowest BCUT2D eigenvalue weighted by Gasteiger charge is -2.08. The van der Waals surface area contributed by atoms with E-state index in [1.54, 1.807) is 29.7 Å². The minimum atomic E-state index is -1.38. The predicted molar refractivity (Wildman–Crippen MR) is 113 cm³/mol. The second kappa shape index (κ2) is 8.04. The van der Waals surface area contributed by atoms with E-state index >= 15 is 0 Å². The van der Waals surface area contributed by atoms with E-state index in [1.807, 2.05) is 37.4 Å². The molecule has 0 aliphatic carbocycles. The van der Waals surface area contributed by atoms with E-state index in [9.17, 15) is 14.3 Å². The largest absolute Gasteiger partial charge is 0.507 e. The number of thiazole rings is 1. The van der Waals surface area contributed by atoms with Crippen LogP contribution in [0.5, 0.6) is 5.75 Å². The zero-order chi connectivity index (χ0) is 21.3. The monoisotopic (exact) mass is 420 g/mol. The summed E-state index contributed by atoms with van der Waals surface area (Å²) in [6.07, 6.45) is 4.22. The van der Waals surface area contributed by atoms with Gasteiger partial charge in [-0.2, -0.15) is 0 Å². The number of phenols is 1. The Kier molecular flexibility index (Phi) is 5.29. The zero-order valence-electron chi connectivity index (χ0n) is 16.0. The first-order valence-corrected chi connectivity index (χ1v) is 9.96. The lowest BCUT2D eigenvalue weighted by molar-refractivity contribution is 0.0693. The van der Waals surface area contributed by atoms with Crippen molar-refractivity contribution in [2.75, 3.05) is 0 Å². The van der Waals surface area contributed by atoms with Crippen LogP contribution >= 0.6 is 11.3 Å². The molecule has 0 aliphatic heterocycles. The minimum absolute atomic E-state index is 0.136. The average molecular weight is 420 g/mol. The van der Waals surface area contributed by atoms with Crippen LogP contribution in [0.1, 0.15) is 26.6 Å². The quantitative estimate of drug-likeness (QED) is 0.457. The van der Waals surface area contributed by atoms with Crippen LogP contribution in [-0.4, -0.2) is 26.2 Å². The SMILES string of the molecule is Cc1nc(Cc2cccnc2)sc1-c1cccc(-c2cc(O)c(C(=O)O)cc2F)c1. The van der Waals surface area contributed by atoms with Gasteiger partial charge >= 0.3 is 5.97 Å². The zero-order valence-corrected chi connectivity index (χ0v) is 16.8. The van der Waals surface area contributed by atoms with Crippen molar-refractivity contribution in [2.45, 2.75) is 13.3 Å². The summed E-state index contributed by atoms with van der Waals surface area (Å²) in [4.78, 5) is 20.9. The first kappa shape index (κ1) is 19.7. The molecule has 0 radical (unpaired) electrons. The van der Waals surface area contributed by atoms with Gasteiger partial charge in [0.2, 0.25) is 0 Å². The van der Waals surface area contributed by atoms with Gasteiger partial charge in [0, 0.05) is 24.4 Å². The van der Waals surface area contributed by atoms with Crippen LogP contribution < -0.4 is 0 Å². The summed E-state index contributed by atoms with van der Waals surface area (Å²) in [6.45, 7) is 1.93. The van der Waals surface area contributed by atoms with Crippen molar-refractivity contribution in [3.05, 3.63) is 88.6 Å². The van der Waals surface area contributed by atoms with Crippen molar-refractivity contribution in [1.82, 2.24) is 9.97 Å². The standard InChI is InChI=1S/C23H17FN2O3S/c1-13-22(30-21(26-13)8-14-4-3-7-25-12-14)16-6-2-5-15(9-16)17-11-20(27)18(23(28)29)10-19(17)24/h2-7,9-12,27H,8H2,1H3,(H,28,29). The smallest absolute Gasteiger partial charge is 0.339 e. The molecule has 7 heteroatoms. The van der Waals surface area contributed by atoms with Crippen molar-refractivity contribution in [2.24, 2.45) is 0 Å². The van der Waals surface area contributed by atoms with Crippen molar-refractivity contribution in [3.8, 4) is 27.3 Å². The van der Waals surface area contributed by atoms with Gasteiger partial charge in [0.1, 0.15) is 17.1 Å². The first-order valence-electron chi connectivity index (χ1n) is 9.14. The Morgan fingerprint density at radius 3 is 2.67 bits per heavy atom. The highest BCUT2D eigenvalue weighted by Crippen LogP contribution is 2.35. The molecule has 0 saturated heterocycles.